The number of ether oxygens (including phenoxy) is 1. The van der Waals surface area contributed by atoms with Crippen LogP contribution in [0.15, 0.2) is 35.0 Å². The van der Waals surface area contributed by atoms with Gasteiger partial charge in [-0.15, -0.1) is 0 Å². The first-order valence-corrected chi connectivity index (χ1v) is 9.42. The van der Waals surface area contributed by atoms with Crippen molar-refractivity contribution in [2.24, 2.45) is 0 Å². The first-order valence-electron chi connectivity index (χ1n) is 9.42. The molecule has 0 N–H and O–H groups in total. The zero-order valence-corrected chi connectivity index (χ0v) is 17.0. The first kappa shape index (κ1) is 20.2. The number of esters is 1. The zero-order chi connectivity index (χ0) is 21.1. The second-order valence-electron chi connectivity index (χ2n) is 6.85. The van der Waals surface area contributed by atoms with Crippen LogP contribution in [-0.4, -0.2) is 27.5 Å². The van der Waals surface area contributed by atoms with E-state index in [1.165, 1.54) is 0 Å². The summed E-state index contributed by atoms with van der Waals surface area (Å²) in [7, 11) is 0. The van der Waals surface area contributed by atoms with Crippen molar-refractivity contribution in [1.82, 2.24) is 9.13 Å². The van der Waals surface area contributed by atoms with Gasteiger partial charge in [0.25, 0.3) is 0 Å². The highest BCUT2D eigenvalue weighted by Crippen LogP contribution is 2.26. The Bertz CT molecular complexity index is 1090. The summed E-state index contributed by atoms with van der Waals surface area (Å²) in [6.45, 7) is 7.92. The Hall–Kier alpha value is -3.53. The number of carbonyl (C=O) groups is 2. The molecule has 0 fully saturated rings. The lowest BCUT2D eigenvalue weighted by Crippen LogP contribution is -2.16. The smallest absolute Gasteiger partial charge is 0.343 e. The molecule has 3 aromatic heterocycles. The molecule has 0 unspecified atom stereocenters. The maximum Gasteiger partial charge on any atom is 0.343 e. The van der Waals surface area contributed by atoms with Crippen LogP contribution in [0.2, 0.25) is 0 Å². The lowest BCUT2D eigenvalue weighted by molar-refractivity contribution is 0.0472. The van der Waals surface area contributed by atoms with E-state index < -0.39 is 12.6 Å². The van der Waals surface area contributed by atoms with Crippen molar-refractivity contribution in [2.75, 3.05) is 6.61 Å². The Kier molecular flexibility index (Phi) is 5.74. The molecule has 0 aliphatic rings. The number of aromatic nitrogens is 2. The van der Waals surface area contributed by atoms with Gasteiger partial charge in [0.2, 0.25) is 11.7 Å². The number of nitriles is 1. The van der Waals surface area contributed by atoms with Crippen molar-refractivity contribution in [3.8, 4) is 12.0 Å². The minimum atomic E-state index is -0.753. The lowest BCUT2D eigenvalue weighted by atomic mass is 10.1. The number of nitrogens with zero attached hydrogens (tertiary/aromatic N) is 3. The molecule has 0 aromatic carbocycles. The summed E-state index contributed by atoms with van der Waals surface area (Å²) >= 11 is 0. The van der Waals surface area contributed by atoms with Crippen LogP contribution in [0.5, 0.6) is 0 Å². The van der Waals surface area contributed by atoms with Crippen LogP contribution in [-0.2, 0) is 11.3 Å². The predicted molar refractivity (Wildman–Crippen MR) is 106 cm³/mol. The fourth-order valence-electron chi connectivity index (χ4n) is 3.46. The summed E-state index contributed by atoms with van der Waals surface area (Å²) in [5.74, 6) is -0.517. The quantitative estimate of drug-likeness (QED) is 0.445. The molecule has 29 heavy (non-hydrogen) atoms. The number of carbonyl (C=O) groups excluding carboxylic acids is 2. The SMILES string of the molecule is CCCn1c(C)cc(C(=O)COC(=O)c2c(C)oc(-n3cccc3)c2C#N)c1C. The number of Topliss-reactive ketones (excluding diaryl/α,β-unsaturated/α-hetero) is 1. The van der Waals surface area contributed by atoms with Crippen LogP contribution in [0, 0.1) is 32.1 Å². The van der Waals surface area contributed by atoms with Crippen molar-refractivity contribution in [3.63, 3.8) is 0 Å². The molecule has 3 rings (SSSR count). The molecule has 0 atom stereocenters. The highest BCUT2D eigenvalue weighted by molar-refractivity contribution is 6.01. The second-order valence-corrected chi connectivity index (χ2v) is 6.85. The van der Waals surface area contributed by atoms with Gasteiger partial charge in [0.05, 0.1) is 0 Å². The molecular formula is C22H23N3O4. The molecule has 0 saturated heterocycles. The molecule has 3 heterocycles. The molecule has 7 heteroatoms. The van der Waals surface area contributed by atoms with E-state index in [1.807, 2.05) is 26.0 Å². The average Bonchev–Trinajstić information content (AvgIpc) is 3.40. The minimum absolute atomic E-state index is 0.0421. The summed E-state index contributed by atoms with van der Waals surface area (Å²) in [6, 6.07) is 7.38. The number of hydrogen-bond donors (Lipinski definition) is 0. The molecule has 0 amide bonds. The molecule has 0 aliphatic carbocycles. The van der Waals surface area contributed by atoms with E-state index in [9.17, 15) is 14.9 Å². The number of hydrogen-bond acceptors (Lipinski definition) is 5. The van der Waals surface area contributed by atoms with E-state index in [1.54, 1.807) is 36.0 Å². The molecule has 0 radical (unpaired) electrons. The highest BCUT2D eigenvalue weighted by atomic mass is 16.5. The largest absolute Gasteiger partial charge is 0.454 e. The predicted octanol–water partition coefficient (Wildman–Crippen LogP) is 4.12. The summed E-state index contributed by atoms with van der Waals surface area (Å²) in [4.78, 5) is 25.2. The van der Waals surface area contributed by atoms with Gasteiger partial charge >= 0.3 is 5.97 Å². The van der Waals surface area contributed by atoms with Gasteiger partial charge in [0.15, 0.2) is 6.61 Å². The summed E-state index contributed by atoms with van der Waals surface area (Å²) in [5, 5.41) is 9.54. The van der Waals surface area contributed by atoms with Crippen LogP contribution in [0.25, 0.3) is 5.88 Å². The highest BCUT2D eigenvalue weighted by Gasteiger charge is 2.26. The topological polar surface area (TPSA) is 90.2 Å². The summed E-state index contributed by atoms with van der Waals surface area (Å²) in [5.41, 5.74) is 2.52. The normalized spacial score (nSPS) is 10.7. The minimum Gasteiger partial charge on any atom is -0.454 e. The fraction of sp³-hybridized carbons (Fsp3) is 0.318. The number of ketones is 1. The third kappa shape index (κ3) is 3.74. The van der Waals surface area contributed by atoms with Crippen LogP contribution >= 0.6 is 0 Å². The summed E-state index contributed by atoms with van der Waals surface area (Å²) < 4.78 is 14.5. The molecule has 3 aromatic rings. The number of rotatable bonds is 7. The first-order chi connectivity index (χ1) is 13.9. The van der Waals surface area contributed by atoms with E-state index >= 15 is 0 Å². The molecule has 0 bridgehead atoms. The number of aryl methyl sites for hydroxylation is 2. The Balaban J connectivity index is 1.79. The molecule has 0 aliphatic heterocycles. The maximum atomic E-state index is 12.6. The van der Waals surface area contributed by atoms with Crippen molar-refractivity contribution >= 4 is 11.8 Å². The molecule has 150 valence electrons. The van der Waals surface area contributed by atoms with Crippen molar-refractivity contribution in [1.29, 1.82) is 5.26 Å². The Labute approximate surface area is 169 Å². The zero-order valence-electron chi connectivity index (χ0n) is 17.0. The van der Waals surface area contributed by atoms with Gasteiger partial charge in [-0.1, -0.05) is 6.92 Å². The fourth-order valence-corrected chi connectivity index (χ4v) is 3.46. The Morgan fingerprint density at radius 2 is 1.90 bits per heavy atom. The standard InChI is InChI=1S/C22H23N3O4/c1-5-8-25-14(2)11-17(15(25)3)19(26)13-28-22(27)20-16(4)29-21(18(20)12-23)24-9-6-7-10-24/h6-7,9-11H,5,8,13H2,1-4H3. The summed E-state index contributed by atoms with van der Waals surface area (Å²) in [6.07, 6.45) is 4.38. The van der Waals surface area contributed by atoms with E-state index in [2.05, 4.69) is 11.5 Å². The number of furan rings is 1. The van der Waals surface area contributed by atoms with Crippen molar-refractivity contribution in [3.05, 3.63) is 64.4 Å². The van der Waals surface area contributed by atoms with Crippen LogP contribution in [0.3, 0.4) is 0 Å². The maximum absolute atomic E-state index is 12.6. The second kappa shape index (κ2) is 8.23. The third-order valence-electron chi connectivity index (χ3n) is 4.88. The van der Waals surface area contributed by atoms with Crippen molar-refractivity contribution in [2.45, 2.75) is 40.7 Å². The average molecular weight is 393 g/mol. The van der Waals surface area contributed by atoms with Gasteiger partial charge in [-0.25, -0.2) is 4.79 Å². The monoisotopic (exact) mass is 393 g/mol. The van der Waals surface area contributed by atoms with Gasteiger partial charge < -0.3 is 13.7 Å². The Morgan fingerprint density at radius 1 is 1.21 bits per heavy atom. The van der Waals surface area contributed by atoms with Gasteiger partial charge in [-0.05, 0) is 45.4 Å². The Morgan fingerprint density at radius 3 is 2.52 bits per heavy atom. The van der Waals surface area contributed by atoms with Gasteiger partial charge in [-0.2, -0.15) is 5.26 Å². The van der Waals surface area contributed by atoms with E-state index in [-0.39, 0.29) is 28.6 Å². The van der Waals surface area contributed by atoms with Crippen LogP contribution in [0.1, 0.15) is 56.8 Å². The van der Waals surface area contributed by atoms with Gasteiger partial charge in [-0.3, -0.25) is 9.36 Å². The van der Waals surface area contributed by atoms with Crippen LogP contribution < -0.4 is 0 Å². The third-order valence-corrected chi connectivity index (χ3v) is 4.88. The molecule has 7 nitrogen and oxygen atoms in total. The molecule has 0 spiro atoms. The van der Waals surface area contributed by atoms with Crippen LogP contribution in [0.4, 0.5) is 0 Å². The van der Waals surface area contributed by atoms with E-state index in [0.717, 1.165) is 24.4 Å². The van der Waals surface area contributed by atoms with Gasteiger partial charge in [0, 0.05) is 35.9 Å². The molecule has 0 saturated carbocycles. The van der Waals surface area contributed by atoms with Crippen molar-refractivity contribution < 1.29 is 18.7 Å². The van der Waals surface area contributed by atoms with E-state index in [4.69, 9.17) is 9.15 Å². The molecular weight excluding hydrogens is 370 g/mol. The van der Waals surface area contributed by atoms with E-state index in [0.29, 0.717) is 5.56 Å². The lowest BCUT2D eigenvalue weighted by Gasteiger charge is -2.08. The van der Waals surface area contributed by atoms with Gasteiger partial charge in [0.1, 0.15) is 23.0 Å².